The van der Waals surface area contributed by atoms with E-state index in [-0.39, 0.29) is 25.4 Å². The minimum atomic E-state index is -0.886. The highest BCUT2D eigenvalue weighted by molar-refractivity contribution is 7.13. The highest BCUT2D eigenvalue weighted by Crippen LogP contribution is 2.13. The highest BCUT2D eigenvalue weighted by atomic mass is 32.1. The Balaban J connectivity index is 2.18. The lowest BCUT2D eigenvalue weighted by Crippen LogP contribution is -2.29. The second kappa shape index (κ2) is 6.19. The van der Waals surface area contributed by atoms with Crippen LogP contribution in [0, 0.1) is 6.92 Å². The number of nitrogens with zero attached hydrogens (tertiary/aromatic N) is 1. The molecule has 0 radical (unpaired) electrons. The summed E-state index contributed by atoms with van der Waals surface area (Å²) in [6.45, 7) is 2.21. The minimum absolute atomic E-state index is 0.00361. The Morgan fingerprint density at radius 2 is 2.31 bits per heavy atom. The van der Waals surface area contributed by atoms with Gasteiger partial charge in [0.05, 0.1) is 18.7 Å². The van der Waals surface area contributed by atoms with Gasteiger partial charge >= 0.3 is 5.97 Å². The zero-order valence-electron chi connectivity index (χ0n) is 8.82. The molecular formula is C9H13N3O3S. The van der Waals surface area contributed by atoms with Gasteiger partial charge in [-0.2, -0.15) is 0 Å². The molecule has 0 saturated heterocycles. The smallest absolute Gasteiger partial charge is 0.304 e. The molecule has 1 heterocycles. The topological polar surface area (TPSA) is 91.3 Å². The Kier molecular flexibility index (Phi) is 4.87. The number of carbonyl (C=O) groups excluding carboxylic acids is 1. The maximum atomic E-state index is 11.3. The third-order valence-corrected chi connectivity index (χ3v) is 2.54. The Labute approximate surface area is 96.7 Å². The molecule has 1 rings (SSSR count). The van der Waals surface area contributed by atoms with Crippen LogP contribution in [-0.2, 0) is 9.59 Å². The molecule has 3 N–H and O–H groups in total. The van der Waals surface area contributed by atoms with Gasteiger partial charge in [-0.3, -0.25) is 9.59 Å². The van der Waals surface area contributed by atoms with E-state index in [4.69, 9.17) is 5.11 Å². The van der Waals surface area contributed by atoms with Gasteiger partial charge in [-0.05, 0) is 6.92 Å². The molecule has 0 fully saturated rings. The number of aryl methyl sites for hydroxylation is 1. The maximum absolute atomic E-state index is 11.3. The van der Waals surface area contributed by atoms with Crippen molar-refractivity contribution < 1.29 is 14.7 Å². The van der Waals surface area contributed by atoms with Crippen LogP contribution < -0.4 is 10.6 Å². The summed E-state index contributed by atoms with van der Waals surface area (Å²) < 4.78 is 0. The van der Waals surface area contributed by atoms with Crippen molar-refractivity contribution in [2.75, 3.05) is 18.4 Å². The van der Waals surface area contributed by atoms with Crippen molar-refractivity contribution in [2.24, 2.45) is 0 Å². The summed E-state index contributed by atoms with van der Waals surface area (Å²) in [5, 5.41) is 16.1. The first-order valence-electron chi connectivity index (χ1n) is 4.72. The number of hydrogen-bond acceptors (Lipinski definition) is 5. The highest BCUT2D eigenvalue weighted by Gasteiger charge is 2.04. The standard InChI is InChI=1S/C9H13N3O3S/c1-6-5-16-9(11-6)12-7(13)4-10-3-2-8(14)15/h5,10H,2-4H2,1H3,(H,14,15)(H,11,12,13). The van der Waals surface area contributed by atoms with E-state index < -0.39 is 5.97 Å². The fraction of sp³-hybridized carbons (Fsp3) is 0.444. The summed E-state index contributed by atoms with van der Waals surface area (Å²) in [6, 6.07) is 0. The largest absolute Gasteiger partial charge is 0.481 e. The van der Waals surface area contributed by atoms with Crippen LogP contribution in [0.25, 0.3) is 0 Å². The van der Waals surface area contributed by atoms with E-state index in [0.29, 0.717) is 5.13 Å². The second-order valence-electron chi connectivity index (χ2n) is 3.16. The number of thiazole rings is 1. The van der Waals surface area contributed by atoms with E-state index in [2.05, 4.69) is 15.6 Å². The number of hydrogen-bond donors (Lipinski definition) is 3. The number of carbonyl (C=O) groups is 2. The Morgan fingerprint density at radius 1 is 1.56 bits per heavy atom. The van der Waals surface area contributed by atoms with Gasteiger partial charge in [0.25, 0.3) is 0 Å². The molecule has 7 heteroatoms. The molecule has 0 unspecified atom stereocenters. The van der Waals surface area contributed by atoms with Crippen molar-refractivity contribution in [1.29, 1.82) is 0 Å². The molecule has 0 aliphatic rings. The lowest BCUT2D eigenvalue weighted by Gasteiger charge is -2.02. The number of aliphatic carboxylic acids is 1. The third kappa shape index (κ3) is 4.85. The first-order chi connectivity index (χ1) is 7.58. The third-order valence-electron chi connectivity index (χ3n) is 1.67. The van der Waals surface area contributed by atoms with E-state index in [1.54, 1.807) is 0 Å². The summed E-state index contributed by atoms with van der Waals surface area (Å²) in [7, 11) is 0. The van der Waals surface area contributed by atoms with Crippen LogP contribution in [0.4, 0.5) is 5.13 Å². The lowest BCUT2D eigenvalue weighted by atomic mass is 10.4. The van der Waals surface area contributed by atoms with Crippen molar-refractivity contribution in [2.45, 2.75) is 13.3 Å². The fourth-order valence-corrected chi connectivity index (χ4v) is 1.68. The number of nitrogens with one attached hydrogen (secondary N) is 2. The summed E-state index contributed by atoms with van der Waals surface area (Å²) in [6.07, 6.45) is 0.00361. The fourth-order valence-electron chi connectivity index (χ4n) is 0.972. The van der Waals surface area contributed by atoms with Crippen LogP contribution in [0.1, 0.15) is 12.1 Å². The molecule has 0 aromatic carbocycles. The quantitative estimate of drug-likeness (QED) is 0.631. The van der Waals surface area contributed by atoms with E-state index in [0.717, 1.165) is 5.69 Å². The molecule has 0 saturated carbocycles. The van der Waals surface area contributed by atoms with Gasteiger partial charge in [0, 0.05) is 11.9 Å². The minimum Gasteiger partial charge on any atom is -0.481 e. The molecule has 16 heavy (non-hydrogen) atoms. The van der Waals surface area contributed by atoms with Crippen LogP contribution >= 0.6 is 11.3 Å². The molecule has 6 nitrogen and oxygen atoms in total. The van der Waals surface area contributed by atoms with Gasteiger partial charge in [0.2, 0.25) is 5.91 Å². The first-order valence-corrected chi connectivity index (χ1v) is 5.60. The molecule has 0 atom stereocenters. The second-order valence-corrected chi connectivity index (χ2v) is 4.02. The monoisotopic (exact) mass is 243 g/mol. The van der Waals surface area contributed by atoms with Crippen LogP contribution in [0.3, 0.4) is 0 Å². The van der Waals surface area contributed by atoms with Gasteiger partial charge in [0.15, 0.2) is 5.13 Å². The van der Waals surface area contributed by atoms with Crippen molar-refractivity contribution in [3.8, 4) is 0 Å². The van der Waals surface area contributed by atoms with Crippen LogP contribution in [0.15, 0.2) is 5.38 Å². The molecule has 1 aromatic heterocycles. The zero-order chi connectivity index (χ0) is 12.0. The van der Waals surface area contributed by atoms with Gasteiger partial charge < -0.3 is 15.7 Å². The number of rotatable bonds is 6. The van der Waals surface area contributed by atoms with Gasteiger partial charge in [-0.15, -0.1) is 11.3 Å². The maximum Gasteiger partial charge on any atom is 0.304 e. The van der Waals surface area contributed by atoms with Crippen LogP contribution in [0.5, 0.6) is 0 Å². The molecular weight excluding hydrogens is 230 g/mol. The number of carboxylic acids is 1. The van der Waals surface area contributed by atoms with E-state index in [9.17, 15) is 9.59 Å². The van der Waals surface area contributed by atoms with Gasteiger partial charge in [-0.1, -0.05) is 0 Å². The Bertz CT molecular complexity index is 378. The van der Waals surface area contributed by atoms with E-state index in [1.807, 2.05) is 12.3 Å². The lowest BCUT2D eigenvalue weighted by molar-refractivity contribution is -0.137. The Hall–Kier alpha value is -1.47. The SMILES string of the molecule is Cc1csc(NC(=O)CNCCC(=O)O)n1. The Morgan fingerprint density at radius 3 is 2.88 bits per heavy atom. The van der Waals surface area contributed by atoms with Crippen molar-refractivity contribution >= 4 is 28.3 Å². The molecule has 0 aliphatic heterocycles. The molecule has 0 aliphatic carbocycles. The molecule has 1 amide bonds. The summed E-state index contributed by atoms with van der Waals surface area (Å²) in [5.41, 5.74) is 0.860. The molecule has 1 aromatic rings. The van der Waals surface area contributed by atoms with Crippen molar-refractivity contribution in [3.63, 3.8) is 0 Å². The van der Waals surface area contributed by atoms with Gasteiger partial charge in [-0.25, -0.2) is 4.98 Å². The number of anilines is 1. The molecule has 0 spiro atoms. The predicted octanol–water partition coefficient (Wildman–Crippen LogP) is 0.454. The first kappa shape index (κ1) is 12.6. The molecule has 0 bridgehead atoms. The van der Waals surface area contributed by atoms with Crippen molar-refractivity contribution in [1.82, 2.24) is 10.3 Å². The van der Waals surface area contributed by atoms with Crippen LogP contribution in [-0.4, -0.2) is 35.1 Å². The summed E-state index contributed by atoms with van der Waals surface area (Å²) in [5.74, 6) is -1.11. The predicted molar refractivity (Wildman–Crippen MR) is 60.6 cm³/mol. The van der Waals surface area contributed by atoms with Crippen LogP contribution in [0.2, 0.25) is 0 Å². The average molecular weight is 243 g/mol. The summed E-state index contributed by atoms with van der Waals surface area (Å²) in [4.78, 5) is 25.6. The number of aromatic nitrogens is 1. The molecule has 88 valence electrons. The zero-order valence-corrected chi connectivity index (χ0v) is 9.63. The van der Waals surface area contributed by atoms with E-state index in [1.165, 1.54) is 11.3 Å². The normalized spacial score (nSPS) is 10.1. The summed E-state index contributed by atoms with van der Waals surface area (Å²) >= 11 is 1.36. The average Bonchev–Trinajstić information content (AvgIpc) is 2.58. The van der Waals surface area contributed by atoms with Gasteiger partial charge in [0.1, 0.15) is 0 Å². The number of amides is 1. The number of carboxylic acid groups (broad SMARTS) is 1. The van der Waals surface area contributed by atoms with E-state index >= 15 is 0 Å². The van der Waals surface area contributed by atoms with Crippen molar-refractivity contribution in [3.05, 3.63) is 11.1 Å².